The maximum atomic E-state index is 12.1. The SMILES string of the molecule is Nc1ccc2sc(C(=O)Nc3cc(Cl)ncn3)cc2c1. The molecule has 7 heteroatoms. The Balaban J connectivity index is 1.88. The number of thiophene rings is 1. The number of nitrogen functional groups attached to an aromatic ring is 1. The quantitative estimate of drug-likeness (QED) is 0.563. The van der Waals surface area contributed by atoms with Crippen LogP contribution in [0.5, 0.6) is 0 Å². The number of benzene rings is 1. The van der Waals surface area contributed by atoms with Crippen LogP contribution in [0.2, 0.25) is 5.15 Å². The van der Waals surface area contributed by atoms with Gasteiger partial charge in [-0.3, -0.25) is 4.79 Å². The molecule has 2 aromatic heterocycles. The third-order valence-electron chi connectivity index (χ3n) is 2.64. The zero-order valence-corrected chi connectivity index (χ0v) is 11.7. The number of aromatic nitrogens is 2. The van der Waals surface area contributed by atoms with Gasteiger partial charge in [0.25, 0.3) is 5.91 Å². The molecule has 0 spiro atoms. The van der Waals surface area contributed by atoms with Crippen molar-refractivity contribution in [2.75, 3.05) is 11.1 Å². The summed E-state index contributed by atoms with van der Waals surface area (Å²) in [5.41, 5.74) is 6.39. The van der Waals surface area contributed by atoms with Crippen molar-refractivity contribution in [1.82, 2.24) is 9.97 Å². The van der Waals surface area contributed by atoms with Gasteiger partial charge in [0.2, 0.25) is 0 Å². The Bertz CT molecular complexity index is 802. The van der Waals surface area contributed by atoms with Gasteiger partial charge in [0.1, 0.15) is 17.3 Å². The van der Waals surface area contributed by atoms with Gasteiger partial charge in [-0.25, -0.2) is 9.97 Å². The monoisotopic (exact) mass is 304 g/mol. The first-order valence-corrected chi connectivity index (χ1v) is 6.89. The largest absolute Gasteiger partial charge is 0.399 e. The van der Waals surface area contributed by atoms with Gasteiger partial charge in [-0.1, -0.05) is 11.6 Å². The molecule has 3 N–H and O–H groups in total. The van der Waals surface area contributed by atoms with Gasteiger partial charge in [0, 0.05) is 16.5 Å². The fourth-order valence-corrected chi connectivity index (χ4v) is 2.84. The highest BCUT2D eigenvalue weighted by molar-refractivity contribution is 7.20. The van der Waals surface area contributed by atoms with Gasteiger partial charge in [-0.2, -0.15) is 0 Å². The molecule has 0 saturated carbocycles. The molecule has 0 saturated heterocycles. The third kappa shape index (κ3) is 2.56. The lowest BCUT2D eigenvalue weighted by Crippen LogP contribution is -2.11. The minimum absolute atomic E-state index is 0.237. The number of nitrogens with one attached hydrogen (secondary N) is 1. The highest BCUT2D eigenvalue weighted by Crippen LogP contribution is 2.27. The molecular weight excluding hydrogens is 296 g/mol. The van der Waals surface area contributed by atoms with Crippen molar-refractivity contribution < 1.29 is 4.79 Å². The van der Waals surface area contributed by atoms with Gasteiger partial charge in [-0.15, -0.1) is 11.3 Å². The molecule has 0 aliphatic heterocycles. The average Bonchev–Trinajstić information content (AvgIpc) is 2.81. The Labute approximate surface area is 123 Å². The van der Waals surface area contributed by atoms with Crippen LogP contribution in [0.4, 0.5) is 11.5 Å². The lowest BCUT2D eigenvalue weighted by molar-refractivity contribution is 0.103. The number of nitrogens with zero attached hydrogens (tertiary/aromatic N) is 2. The van der Waals surface area contributed by atoms with Crippen LogP contribution in [0.1, 0.15) is 9.67 Å². The maximum absolute atomic E-state index is 12.1. The fourth-order valence-electron chi connectivity index (χ4n) is 1.75. The number of hydrogen-bond acceptors (Lipinski definition) is 5. The van der Waals surface area contributed by atoms with E-state index in [4.69, 9.17) is 17.3 Å². The Morgan fingerprint density at radius 2 is 2.10 bits per heavy atom. The fraction of sp³-hybridized carbons (Fsp3) is 0. The second-order valence-electron chi connectivity index (χ2n) is 4.09. The van der Waals surface area contributed by atoms with Crippen LogP contribution in [0, 0.1) is 0 Å². The summed E-state index contributed by atoms with van der Waals surface area (Å²) in [6, 6.07) is 8.84. The van der Waals surface area contributed by atoms with Crippen LogP contribution in [0.15, 0.2) is 36.7 Å². The standard InChI is InChI=1S/C13H9ClN4OS/c14-11-5-12(17-6-16-11)18-13(19)10-4-7-3-8(15)1-2-9(7)20-10/h1-6H,15H2,(H,16,17,18,19). The van der Waals surface area contributed by atoms with Crippen molar-refractivity contribution >= 4 is 50.4 Å². The molecule has 0 aliphatic rings. The van der Waals surface area contributed by atoms with E-state index in [0.29, 0.717) is 16.4 Å². The lowest BCUT2D eigenvalue weighted by Gasteiger charge is -2.01. The molecular formula is C13H9ClN4OS. The molecule has 0 radical (unpaired) electrons. The molecule has 0 atom stereocenters. The van der Waals surface area contributed by atoms with Crippen LogP contribution in [-0.2, 0) is 0 Å². The summed E-state index contributed by atoms with van der Waals surface area (Å²) < 4.78 is 1.00. The number of nitrogens with two attached hydrogens (primary N) is 1. The first kappa shape index (κ1) is 12.8. The van der Waals surface area contributed by atoms with Crippen LogP contribution in [0.25, 0.3) is 10.1 Å². The number of halogens is 1. The van der Waals surface area contributed by atoms with E-state index in [2.05, 4.69) is 15.3 Å². The Morgan fingerprint density at radius 3 is 2.90 bits per heavy atom. The summed E-state index contributed by atoms with van der Waals surface area (Å²) in [5.74, 6) is 0.131. The Morgan fingerprint density at radius 1 is 1.25 bits per heavy atom. The zero-order valence-electron chi connectivity index (χ0n) is 10.1. The minimum atomic E-state index is -0.237. The van der Waals surface area contributed by atoms with Gasteiger partial charge >= 0.3 is 0 Å². The molecule has 5 nitrogen and oxygen atoms in total. The van der Waals surface area contributed by atoms with E-state index in [9.17, 15) is 4.79 Å². The Hall–Kier alpha value is -2.18. The number of amides is 1. The van der Waals surface area contributed by atoms with E-state index >= 15 is 0 Å². The van der Waals surface area contributed by atoms with E-state index in [0.717, 1.165) is 10.1 Å². The summed E-state index contributed by atoms with van der Waals surface area (Å²) in [4.78, 5) is 20.4. The van der Waals surface area contributed by atoms with Crippen molar-refractivity contribution in [1.29, 1.82) is 0 Å². The maximum Gasteiger partial charge on any atom is 0.266 e. The number of carbonyl (C=O) groups excluding carboxylic acids is 1. The van der Waals surface area contributed by atoms with E-state index in [1.54, 1.807) is 6.07 Å². The number of hydrogen-bond donors (Lipinski definition) is 2. The van der Waals surface area contributed by atoms with E-state index in [1.807, 2.05) is 18.2 Å². The van der Waals surface area contributed by atoms with E-state index < -0.39 is 0 Å². The first-order chi connectivity index (χ1) is 9.61. The van der Waals surface area contributed by atoms with Gasteiger partial charge < -0.3 is 11.1 Å². The number of carbonyl (C=O) groups is 1. The normalized spacial score (nSPS) is 10.7. The van der Waals surface area contributed by atoms with Crippen molar-refractivity contribution in [2.24, 2.45) is 0 Å². The highest BCUT2D eigenvalue weighted by atomic mass is 35.5. The van der Waals surface area contributed by atoms with Crippen molar-refractivity contribution in [2.45, 2.75) is 0 Å². The van der Waals surface area contributed by atoms with E-state index in [-0.39, 0.29) is 11.1 Å². The molecule has 3 aromatic rings. The van der Waals surface area contributed by atoms with Crippen LogP contribution >= 0.6 is 22.9 Å². The predicted molar refractivity (Wildman–Crippen MR) is 81.2 cm³/mol. The van der Waals surface area contributed by atoms with Crippen molar-refractivity contribution in [3.63, 3.8) is 0 Å². The Kier molecular flexibility index (Phi) is 3.25. The second-order valence-corrected chi connectivity index (χ2v) is 5.56. The molecule has 2 heterocycles. The number of fused-ring (bicyclic) bond motifs is 1. The summed E-state index contributed by atoms with van der Waals surface area (Å²) in [5, 5.41) is 3.90. The first-order valence-electron chi connectivity index (χ1n) is 5.70. The van der Waals surface area contributed by atoms with E-state index in [1.165, 1.54) is 23.7 Å². The van der Waals surface area contributed by atoms with Crippen molar-refractivity contribution in [3.8, 4) is 0 Å². The summed E-state index contributed by atoms with van der Waals surface area (Å²) >= 11 is 7.14. The van der Waals surface area contributed by atoms with Gasteiger partial charge in [0.15, 0.2) is 0 Å². The topological polar surface area (TPSA) is 80.9 Å². The summed E-state index contributed by atoms with van der Waals surface area (Å²) in [6.45, 7) is 0. The molecule has 1 aromatic carbocycles. The summed E-state index contributed by atoms with van der Waals surface area (Å²) in [7, 11) is 0. The van der Waals surface area contributed by atoms with Gasteiger partial charge in [0.05, 0.1) is 4.88 Å². The smallest absolute Gasteiger partial charge is 0.266 e. The minimum Gasteiger partial charge on any atom is -0.399 e. The summed E-state index contributed by atoms with van der Waals surface area (Å²) in [6.07, 6.45) is 1.30. The molecule has 3 rings (SSSR count). The number of anilines is 2. The zero-order chi connectivity index (χ0) is 14.1. The molecule has 1 amide bonds. The predicted octanol–water partition coefficient (Wildman–Crippen LogP) is 3.18. The molecule has 0 bridgehead atoms. The van der Waals surface area contributed by atoms with Gasteiger partial charge in [-0.05, 0) is 29.7 Å². The average molecular weight is 305 g/mol. The van der Waals surface area contributed by atoms with Crippen LogP contribution in [-0.4, -0.2) is 15.9 Å². The van der Waals surface area contributed by atoms with Crippen LogP contribution < -0.4 is 11.1 Å². The molecule has 0 aliphatic carbocycles. The lowest BCUT2D eigenvalue weighted by atomic mass is 10.2. The molecule has 100 valence electrons. The van der Waals surface area contributed by atoms with Crippen molar-refractivity contribution in [3.05, 3.63) is 46.7 Å². The molecule has 0 unspecified atom stereocenters. The molecule has 20 heavy (non-hydrogen) atoms. The molecule has 0 fully saturated rings. The third-order valence-corrected chi connectivity index (χ3v) is 3.96. The highest BCUT2D eigenvalue weighted by Gasteiger charge is 2.11. The second kappa shape index (κ2) is 5.07. The number of rotatable bonds is 2. The van der Waals surface area contributed by atoms with Crippen LogP contribution in [0.3, 0.4) is 0 Å².